The maximum absolute atomic E-state index is 13.6. The number of amides is 1. The first-order valence-electron chi connectivity index (χ1n) is 7.79. The standard InChI is InChI=1S/C18H12FN7O/c1-11(25-18(27)14-4-12(7-20)5-15(19)6-14)16-17(23-3-2-22-16)26-10-13(8-21)9-24-26/h2-6,9-11H,1H3,(H,25,27). The summed E-state index contributed by atoms with van der Waals surface area (Å²) in [6.45, 7) is 1.69. The molecule has 0 aliphatic carbocycles. The van der Waals surface area contributed by atoms with Crippen LogP contribution < -0.4 is 5.32 Å². The average Bonchev–Trinajstić information content (AvgIpc) is 3.16. The van der Waals surface area contributed by atoms with Gasteiger partial charge in [0.1, 0.15) is 17.6 Å². The van der Waals surface area contributed by atoms with E-state index in [0.29, 0.717) is 17.1 Å². The fourth-order valence-corrected chi connectivity index (χ4v) is 2.45. The first-order valence-corrected chi connectivity index (χ1v) is 7.79. The number of aromatic nitrogens is 4. The van der Waals surface area contributed by atoms with Crippen LogP contribution in [-0.4, -0.2) is 25.7 Å². The molecule has 132 valence electrons. The molecule has 1 N–H and O–H groups in total. The van der Waals surface area contributed by atoms with E-state index in [-0.39, 0.29) is 11.1 Å². The van der Waals surface area contributed by atoms with Gasteiger partial charge >= 0.3 is 0 Å². The summed E-state index contributed by atoms with van der Waals surface area (Å²) in [5, 5.41) is 24.6. The zero-order chi connectivity index (χ0) is 19.4. The van der Waals surface area contributed by atoms with Gasteiger partial charge in [0.05, 0.1) is 35.6 Å². The average molecular weight is 361 g/mol. The molecule has 27 heavy (non-hydrogen) atoms. The molecular weight excluding hydrogens is 349 g/mol. The molecule has 2 heterocycles. The van der Waals surface area contributed by atoms with Gasteiger partial charge in [0, 0.05) is 18.0 Å². The van der Waals surface area contributed by atoms with Crippen molar-refractivity contribution in [2.24, 2.45) is 0 Å². The van der Waals surface area contributed by atoms with E-state index in [0.717, 1.165) is 12.1 Å². The van der Waals surface area contributed by atoms with Gasteiger partial charge in [-0.1, -0.05) is 0 Å². The Morgan fingerprint density at radius 2 is 1.93 bits per heavy atom. The van der Waals surface area contributed by atoms with Gasteiger partial charge in [-0.2, -0.15) is 15.6 Å². The summed E-state index contributed by atoms with van der Waals surface area (Å²) in [5.41, 5.74) is 0.839. The van der Waals surface area contributed by atoms with Gasteiger partial charge < -0.3 is 5.32 Å². The monoisotopic (exact) mass is 361 g/mol. The van der Waals surface area contributed by atoms with E-state index in [4.69, 9.17) is 10.5 Å². The van der Waals surface area contributed by atoms with Crippen LogP contribution in [0.15, 0.2) is 43.0 Å². The Morgan fingerprint density at radius 3 is 2.63 bits per heavy atom. The van der Waals surface area contributed by atoms with Crippen LogP contribution in [-0.2, 0) is 0 Å². The lowest BCUT2D eigenvalue weighted by molar-refractivity contribution is 0.0938. The third kappa shape index (κ3) is 3.78. The van der Waals surface area contributed by atoms with Gasteiger partial charge in [0.25, 0.3) is 5.91 Å². The number of hydrogen-bond acceptors (Lipinski definition) is 6. The van der Waals surface area contributed by atoms with Gasteiger partial charge in [0.2, 0.25) is 0 Å². The summed E-state index contributed by atoms with van der Waals surface area (Å²) in [5.74, 6) is -0.885. The molecule has 1 amide bonds. The molecule has 0 fully saturated rings. The summed E-state index contributed by atoms with van der Waals surface area (Å²) < 4.78 is 15.0. The summed E-state index contributed by atoms with van der Waals surface area (Å²) in [4.78, 5) is 20.9. The van der Waals surface area contributed by atoms with Crippen LogP contribution >= 0.6 is 0 Å². The maximum Gasteiger partial charge on any atom is 0.251 e. The highest BCUT2D eigenvalue weighted by atomic mass is 19.1. The van der Waals surface area contributed by atoms with Crippen molar-refractivity contribution in [3.63, 3.8) is 0 Å². The maximum atomic E-state index is 13.6. The molecule has 0 aliphatic rings. The zero-order valence-electron chi connectivity index (χ0n) is 14.1. The SMILES string of the molecule is CC(NC(=O)c1cc(F)cc(C#N)c1)c1nccnc1-n1cc(C#N)cn1. The van der Waals surface area contributed by atoms with Crippen LogP contribution in [0.1, 0.15) is 40.1 Å². The Labute approximate surface area is 153 Å². The Bertz CT molecular complexity index is 1090. The van der Waals surface area contributed by atoms with Crippen LogP contribution in [0, 0.1) is 28.5 Å². The molecule has 9 heteroatoms. The Morgan fingerprint density at radius 1 is 1.19 bits per heavy atom. The Balaban J connectivity index is 1.88. The Hall–Kier alpha value is -4.11. The molecular formula is C18H12FN7O. The Kier molecular flexibility index (Phi) is 4.86. The minimum absolute atomic E-state index is 0.0229. The van der Waals surface area contributed by atoms with Crippen molar-refractivity contribution in [3.05, 3.63) is 71.2 Å². The predicted octanol–water partition coefficient (Wildman–Crippen LogP) is 2.04. The van der Waals surface area contributed by atoms with E-state index in [9.17, 15) is 9.18 Å². The number of rotatable bonds is 4. The number of nitrogens with one attached hydrogen (secondary N) is 1. The number of nitriles is 2. The molecule has 1 aromatic carbocycles. The van der Waals surface area contributed by atoms with Crippen LogP contribution in [0.3, 0.4) is 0 Å². The minimum Gasteiger partial charge on any atom is -0.344 e. The van der Waals surface area contributed by atoms with E-state index in [1.807, 2.05) is 6.07 Å². The second-order valence-corrected chi connectivity index (χ2v) is 5.59. The fourth-order valence-electron chi connectivity index (χ4n) is 2.45. The van der Waals surface area contributed by atoms with E-state index < -0.39 is 17.8 Å². The second kappa shape index (κ2) is 7.42. The van der Waals surface area contributed by atoms with E-state index in [2.05, 4.69) is 20.4 Å². The summed E-state index contributed by atoms with van der Waals surface area (Å²) in [6, 6.07) is 6.58. The number of halogens is 1. The highest BCUT2D eigenvalue weighted by Gasteiger charge is 2.19. The summed E-state index contributed by atoms with van der Waals surface area (Å²) >= 11 is 0. The van der Waals surface area contributed by atoms with Crippen LogP contribution in [0.4, 0.5) is 4.39 Å². The number of benzene rings is 1. The molecule has 1 unspecified atom stereocenters. The molecule has 0 saturated heterocycles. The largest absolute Gasteiger partial charge is 0.344 e. The number of carbonyl (C=O) groups excluding carboxylic acids is 1. The topological polar surface area (TPSA) is 120 Å². The third-order valence-corrected chi connectivity index (χ3v) is 3.68. The van der Waals surface area contributed by atoms with Crippen LogP contribution in [0.2, 0.25) is 0 Å². The smallest absolute Gasteiger partial charge is 0.251 e. The lowest BCUT2D eigenvalue weighted by Gasteiger charge is -2.16. The van der Waals surface area contributed by atoms with E-state index >= 15 is 0 Å². The van der Waals surface area contributed by atoms with Gasteiger partial charge in [0.15, 0.2) is 5.82 Å². The molecule has 3 rings (SSSR count). The highest BCUT2D eigenvalue weighted by Crippen LogP contribution is 2.18. The third-order valence-electron chi connectivity index (χ3n) is 3.68. The van der Waals surface area contributed by atoms with E-state index in [1.165, 1.54) is 35.5 Å². The van der Waals surface area contributed by atoms with Crippen molar-refractivity contribution in [2.75, 3.05) is 0 Å². The lowest BCUT2D eigenvalue weighted by atomic mass is 10.1. The summed E-state index contributed by atoms with van der Waals surface area (Å²) in [6.07, 6.45) is 5.81. The van der Waals surface area contributed by atoms with Gasteiger partial charge in [-0.25, -0.2) is 14.1 Å². The first-order chi connectivity index (χ1) is 13.0. The van der Waals surface area contributed by atoms with Gasteiger partial charge in [-0.15, -0.1) is 0 Å². The molecule has 2 aromatic heterocycles. The van der Waals surface area contributed by atoms with Crippen molar-refractivity contribution >= 4 is 5.91 Å². The van der Waals surface area contributed by atoms with Crippen molar-refractivity contribution < 1.29 is 9.18 Å². The van der Waals surface area contributed by atoms with E-state index in [1.54, 1.807) is 13.0 Å². The first kappa shape index (κ1) is 17.7. The normalized spacial score (nSPS) is 11.3. The molecule has 0 aliphatic heterocycles. The van der Waals surface area contributed by atoms with Crippen LogP contribution in [0.5, 0.6) is 0 Å². The van der Waals surface area contributed by atoms with Gasteiger partial charge in [-0.3, -0.25) is 9.78 Å². The van der Waals surface area contributed by atoms with Gasteiger partial charge in [-0.05, 0) is 25.1 Å². The molecule has 8 nitrogen and oxygen atoms in total. The molecule has 3 aromatic rings. The number of nitrogens with zero attached hydrogens (tertiary/aromatic N) is 6. The predicted molar refractivity (Wildman–Crippen MR) is 90.9 cm³/mol. The van der Waals surface area contributed by atoms with Crippen LogP contribution in [0.25, 0.3) is 5.82 Å². The quantitative estimate of drug-likeness (QED) is 0.759. The fraction of sp³-hybridized carbons (Fsp3) is 0.111. The second-order valence-electron chi connectivity index (χ2n) is 5.59. The summed E-state index contributed by atoms with van der Waals surface area (Å²) in [7, 11) is 0. The zero-order valence-corrected chi connectivity index (χ0v) is 14.1. The van der Waals surface area contributed by atoms with Crippen molar-refractivity contribution in [1.29, 1.82) is 10.5 Å². The van der Waals surface area contributed by atoms with Crippen molar-refractivity contribution in [1.82, 2.24) is 25.1 Å². The molecule has 0 radical (unpaired) electrons. The lowest BCUT2D eigenvalue weighted by Crippen LogP contribution is -2.28. The number of hydrogen-bond donors (Lipinski definition) is 1. The molecule has 0 saturated carbocycles. The van der Waals surface area contributed by atoms with Crippen molar-refractivity contribution in [3.8, 4) is 18.0 Å². The molecule has 0 spiro atoms. The molecule has 1 atom stereocenters. The number of carbonyl (C=O) groups is 1. The van der Waals surface area contributed by atoms with Crippen molar-refractivity contribution in [2.45, 2.75) is 13.0 Å². The highest BCUT2D eigenvalue weighted by molar-refractivity contribution is 5.94. The molecule has 0 bridgehead atoms. The minimum atomic E-state index is -0.674.